The molecule has 9 heteroatoms. The van der Waals surface area contributed by atoms with E-state index in [0.717, 1.165) is 42.7 Å². The molecule has 0 aliphatic carbocycles. The lowest BCUT2D eigenvalue weighted by molar-refractivity contribution is -0.137. The van der Waals surface area contributed by atoms with Crippen LogP contribution in [0.5, 0.6) is 11.5 Å². The van der Waals surface area contributed by atoms with Crippen molar-refractivity contribution >= 4 is 17.6 Å². The number of para-hydroxylation sites is 1. The van der Waals surface area contributed by atoms with Crippen molar-refractivity contribution in [3.8, 4) is 11.5 Å². The summed E-state index contributed by atoms with van der Waals surface area (Å²) in [5.74, 6) is 0.200. The van der Waals surface area contributed by atoms with Gasteiger partial charge in [0.25, 0.3) is 0 Å². The predicted octanol–water partition coefficient (Wildman–Crippen LogP) is 5.92. The van der Waals surface area contributed by atoms with Crippen molar-refractivity contribution in [2.45, 2.75) is 58.2 Å². The zero-order valence-electron chi connectivity index (χ0n) is 17.8. The maximum atomic E-state index is 13.3. The predicted molar refractivity (Wildman–Crippen MR) is 114 cm³/mol. The van der Waals surface area contributed by atoms with Gasteiger partial charge in [0, 0.05) is 12.0 Å². The number of carbonyl (C=O) groups is 2. The first kappa shape index (κ1) is 23.4. The Kier molecular flexibility index (Phi) is 7.61. The van der Waals surface area contributed by atoms with E-state index in [1.165, 1.54) is 6.07 Å². The van der Waals surface area contributed by atoms with Crippen molar-refractivity contribution in [2.24, 2.45) is 0 Å². The van der Waals surface area contributed by atoms with Crippen LogP contribution in [0.1, 0.15) is 56.6 Å². The van der Waals surface area contributed by atoms with Crippen molar-refractivity contribution in [3.05, 3.63) is 53.6 Å². The molecule has 1 aliphatic heterocycles. The molecule has 0 unspecified atom stereocenters. The van der Waals surface area contributed by atoms with Crippen LogP contribution in [0, 0.1) is 0 Å². The molecule has 1 aliphatic rings. The van der Waals surface area contributed by atoms with Crippen LogP contribution in [0.15, 0.2) is 42.5 Å². The highest BCUT2D eigenvalue weighted by Crippen LogP contribution is 2.42. The van der Waals surface area contributed by atoms with Crippen molar-refractivity contribution in [1.82, 2.24) is 10.9 Å². The summed E-state index contributed by atoms with van der Waals surface area (Å²) in [6.45, 7) is 2.08. The monoisotopic (exact) mass is 449 g/mol. The number of nitrogens with zero attached hydrogens (tertiary/aromatic N) is 1. The molecule has 0 atom stereocenters. The summed E-state index contributed by atoms with van der Waals surface area (Å²) in [5, 5.41) is 0. The van der Waals surface area contributed by atoms with Crippen LogP contribution in [0.3, 0.4) is 0 Å². The number of urea groups is 1. The topological polar surface area (TPSA) is 70.7 Å². The number of halogens is 3. The molecule has 0 spiro atoms. The van der Waals surface area contributed by atoms with E-state index < -0.39 is 17.8 Å². The summed E-state index contributed by atoms with van der Waals surface area (Å²) >= 11 is 0. The molecule has 0 fully saturated rings. The maximum Gasteiger partial charge on any atom is 0.416 e. The number of unbranched alkanes of at least 4 members (excludes halogenated alkanes) is 4. The summed E-state index contributed by atoms with van der Waals surface area (Å²) in [5.41, 5.74) is 4.34. The highest BCUT2D eigenvalue weighted by Gasteiger charge is 2.34. The molecule has 32 heavy (non-hydrogen) atoms. The third-order valence-corrected chi connectivity index (χ3v) is 5.16. The van der Waals surface area contributed by atoms with Gasteiger partial charge in [0.1, 0.15) is 5.75 Å². The third-order valence-electron chi connectivity index (χ3n) is 5.16. The first-order valence-corrected chi connectivity index (χ1v) is 10.6. The van der Waals surface area contributed by atoms with E-state index >= 15 is 0 Å². The molecule has 172 valence electrons. The lowest BCUT2D eigenvalue weighted by Crippen LogP contribution is -2.48. The number of anilines is 1. The van der Waals surface area contributed by atoms with Gasteiger partial charge in [-0.15, -0.1) is 0 Å². The smallest absolute Gasteiger partial charge is 0.416 e. The fourth-order valence-electron chi connectivity index (χ4n) is 3.42. The second kappa shape index (κ2) is 10.4. The number of hydrogen-bond acceptors (Lipinski definition) is 3. The van der Waals surface area contributed by atoms with Gasteiger partial charge < -0.3 is 4.74 Å². The standard InChI is InChI=1S/C23H26F3N3O3/c1-2-3-4-5-6-11-21(30)27-28-22(31)29-15-16-9-7-8-10-19(16)32-20-13-12-17(14-18(20)29)23(24,25)26/h7-10,12-14H,2-6,11,15H2,1H3,(H,27,30)(H,28,31). The Balaban J connectivity index is 1.75. The number of fused-ring (bicyclic) bond motifs is 2. The van der Waals surface area contributed by atoms with Gasteiger partial charge in [0.2, 0.25) is 5.91 Å². The summed E-state index contributed by atoms with van der Waals surface area (Å²) in [6.07, 6.45) is 0.542. The molecular weight excluding hydrogens is 423 g/mol. The van der Waals surface area contributed by atoms with Crippen molar-refractivity contribution in [3.63, 3.8) is 0 Å². The SMILES string of the molecule is CCCCCCCC(=O)NNC(=O)N1Cc2ccccc2Oc2ccc(C(F)(F)F)cc21. The van der Waals surface area contributed by atoms with E-state index in [-0.39, 0.29) is 30.3 Å². The van der Waals surface area contributed by atoms with Crippen LogP contribution < -0.4 is 20.5 Å². The van der Waals surface area contributed by atoms with Gasteiger partial charge >= 0.3 is 12.2 Å². The van der Waals surface area contributed by atoms with Crippen LogP contribution in [0.4, 0.5) is 23.7 Å². The number of hydrogen-bond donors (Lipinski definition) is 2. The minimum Gasteiger partial charge on any atom is -0.455 e. The van der Waals surface area contributed by atoms with E-state index in [1.54, 1.807) is 24.3 Å². The van der Waals surface area contributed by atoms with E-state index in [4.69, 9.17) is 4.74 Å². The highest BCUT2D eigenvalue weighted by molar-refractivity contribution is 5.95. The molecule has 2 N–H and O–H groups in total. The average Bonchev–Trinajstić information content (AvgIpc) is 2.93. The first-order valence-electron chi connectivity index (χ1n) is 10.6. The van der Waals surface area contributed by atoms with Gasteiger partial charge in [-0.25, -0.2) is 10.2 Å². The zero-order chi connectivity index (χ0) is 23.1. The van der Waals surface area contributed by atoms with Gasteiger partial charge in [-0.2, -0.15) is 13.2 Å². The Morgan fingerprint density at radius 3 is 2.50 bits per heavy atom. The lowest BCUT2D eigenvalue weighted by Gasteiger charge is -2.23. The fraction of sp³-hybridized carbons (Fsp3) is 0.391. The largest absolute Gasteiger partial charge is 0.455 e. The van der Waals surface area contributed by atoms with Crippen molar-refractivity contribution < 1.29 is 27.5 Å². The van der Waals surface area contributed by atoms with Gasteiger partial charge in [-0.05, 0) is 30.7 Å². The Morgan fingerprint density at radius 1 is 1.00 bits per heavy atom. The number of ether oxygens (including phenoxy) is 1. The van der Waals surface area contributed by atoms with Gasteiger partial charge in [0.15, 0.2) is 5.75 Å². The lowest BCUT2D eigenvalue weighted by atomic mass is 10.1. The second-order valence-corrected chi connectivity index (χ2v) is 7.62. The van der Waals surface area contributed by atoms with Gasteiger partial charge in [-0.3, -0.25) is 15.1 Å². The molecule has 0 saturated carbocycles. The number of hydrazine groups is 1. The number of rotatable bonds is 6. The Bertz CT molecular complexity index is 963. The zero-order valence-corrected chi connectivity index (χ0v) is 17.8. The van der Waals surface area contributed by atoms with Crippen LogP contribution in [0.2, 0.25) is 0 Å². The van der Waals surface area contributed by atoms with E-state index in [9.17, 15) is 22.8 Å². The third kappa shape index (κ3) is 5.93. The molecule has 6 nitrogen and oxygen atoms in total. The molecule has 0 radical (unpaired) electrons. The quantitative estimate of drug-likeness (QED) is 0.425. The average molecular weight is 449 g/mol. The van der Waals surface area contributed by atoms with Crippen molar-refractivity contribution in [1.29, 1.82) is 0 Å². The summed E-state index contributed by atoms with van der Waals surface area (Å²) < 4.78 is 45.6. The minimum absolute atomic E-state index is 0.0246. The maximum absolute atomic E-state index is 13.3. The van der Waals surface area contributed by atoms with E-state index in [1.807, 2.05) is 0 Å². The normalized spacial score (nSPS) is 12.8. The summed E-state index contributed by atoms with van der Waals surface area (Å²) in [4.78, 5) is 26.0. The Labute approximate surface area is 184 Å². The molecule has 0 aromatic heterocycles. The minimum atomic E-state index is -4.58. The number of nitrogens with one attached hydrogen (secondary N) is 2. The van der Waals surface area contributed by atoms with Gasteiger partial charge in [0.05, 0.1) is 17.8 Å². The molecule has 2 aromatic carbocycles. The van der Waals surface area contributed by atoms with Crippen LogP contribution in [0.25, 0.3) is 0 Å². The molecule has 0 saturated heterocycles. The summed E-state index contributed by atoms with van der Waals surface area (Å²) in [6, 6.07) is 9.09. The van der Waals surface area contributed by atoms with E-state index in [0.29, 0.717) is 17.7 Å². The second-order valence-electron chi connectivity index (χ2n) is 7.62. The summed E-state index contributed by atoms with van der Waals surface area (Å²) in [7, 11) is 0. The number of amides is 3. The molecular formula is C23H26F3N3O3. The number of alkyl halides is 3. The Morgan fingerprint density at radius 2 is 1.75 bits per heavy atom. The van der Waals surface area contributed by atoms with Crippen molar-refractivity contribution in [2.75, 3.05) is 4.90 Å². The molecule has 3 amide bonds. The molecule has 3 rings (SSSR count). The van der Waals surface area contributed by atoms with Crippen LogP contribution >= 0.6 is 0 Å². The van der Waals surface area contributed by atoms with Gasteiger partial charge in [-0.1, -0.05) is 50.8 Å². The first-order chi connectivity index (χ1) is 15.3. The molecule has 0 bridgehead atoms. The molecule has 2 aromatic rings. The number of benzene rings is 2. The van der Waals surface area contributed by atoms with E-state index in [2.05, 4.69) is 17.8 Å². The van der Waals surface area contributed by atoms with Crippen LogP contribution in [-0.2, 0) is 17.5 Å². The highest BCUT2D eigenvalue weighted by atomic mass is 19.4. The molecule has 1 heterocycles. The Hall–Kier alpha value is -3.23. The number of carbonyl (C=O) groups excluding carboxylic acids is 2. The van der Waals surface area contributed by atoms with Crippen LogP contribution in [-0.4, -0.2) is 11.9 Å². The fourth-order valence-corrected chi connectivity index (χ4v) is 3.42.